The molecule has 0 unspecified atom stereocenters. The van der Waals surface area contributed by atoms with Gasteiger partial charge in [0, 0.05) is 44.4 Å². The van der Waals surface area contributed by atoms with Gasteiger partial charge in [-0.1, -0.05) is 22.9 Å². The van der Waals surface area contributed by atoms with Gasteiger partial charge in [0.05, 0.1) is 34.6 Å². The second kappa shape index (κ2) is 8.60. The number of carbonyl (C=O) groups is 1. The maximum atomic E-state index is 12.9. The lowest BCUT2D eigenvalue weighted by Crippen LogP contribution is -2.49. The first-order valence-corrected chi connectivity index (χ1v) is 9.89. The fourth-order valence-corrected chi connectivity index (χ4v) is 3.71. The van der Waals surface area contributed by atoms with Crippen LogP contribution in [0.15, 0.2) is 48.7 Å². The Bertz CT molecular complexity index is 1130. The van der Waals surface area contributed by atoms with Crippen molar-refractivity contribution in [1.29, 1.82) is 0 Å². The highest BCUT2D eigenvalue weighted by molar-refractivity contribution is 6.33. The normalized spacial score (nSPS) is 13.9. The maximum absolute atomic E-state index is 12.9. The monoisotopic (exact) mass is 442 g/mol. The number of methoxy groups -OCH3 is 1. The summed E-state index contributed by atoms with van der Waals surface area (Å²) in [5.74, 6) is 0.477. The van der Waals surface area contributed by atoms with Crippen LogP contribution in [0.1, 0.15) is 10.5 Å². The average molecular weight is 443 g/mol. The number of hydrogen-bond donors (Lipinski definition) is 0. The van der Waals surface area contributed by atoms with Gasteiger partial charge in [-0.2, -0.15) is 0 Å². The minimum Gasteiger partial charge on any atom is -0.497 e. The standard InChI is InChI=1S/C20H19ClN6O4/c1-31-16-4-2-3-14(11-16)26-13-18(22-23-26)20(28)25-9-7-24(8-10-25)19-6-5-15(27(29)30)12-17(19)21/h2-6,11-13H,7-10H2,1H3. The molecule has 1 aromatic heterocycles. The fourth-order valence-electron chi connectivity index (χ4n) is 3.42. The van der Waals surface area contributed by atoms with Crippen LogP contribution in [0.3, 0.4) is 0 Å². The number of benzene rings is 2. The van der Waals surface area contributed by atoms with E-state index < -0.39 is 4.92 Å². The summed E-state index contributed by atoms with van der Waals surface area (Å²) in [5, 5.41) is 19.3. The van der Waals surface area contributed by atoms with Crippen molar-refractivity contribution in [3.05, 3.63) is 69.5 Å². The molecule has 1 aliphatic heterocycles. The summed E-state index contributed by atoms with van der Waals surface area (Å²) >= 11 is 6.23. The van der Waals surface area contributed by atoms with Crippen LogP contribution in [-0.4, -0.2) is 64.0 Å². The Balaban J connectivity index is 1.42. The van der Waals surface area contributed by atoms with Crippen LogP contribution >= 0.6 is 11.6 Å². The zero-order valence-corrected chi connectivity index (χ0v) is 17.4. The fraction of sp³-hybridized carbons (Fsp3) is 0.250. The number of non-ortho nitro benzene ring substituents is 1. The number of carbonyl (C=O) groups excluding carboxylic acids is 1. The first-order chi connectivity index (χ1) is 15.0. The van der Waals surface area contributed by atoms with E-state index in [1.807, 2.05) is 23.1 Å². The second-order valence-electron chi connectivity index (χ2n) is 6.92. The molecule has 0 N–H and O–H groups in total. The molecule has 1 amide bonds. The molecule has 2 aromatic carbocycles. The SMILES string of the molecule is COc1cccc(-n2cc(C(=O)N3CCN(c4ccc([N+](=O)[O-])cc4Cl)CC3)nn2)c1. The van der Waals surface area contributed by atoms with E-state index in [4.69, 9.17) is 16.3 Å². The van der Waals surface area contributed by atoms with Gasteiger partial charge in [-0.3, -0.25) is 14.9 Å². The summed E-state index contributed by atoms with van der Waals surface area (Å²) in [6.45, 7) is 2.04. The molecular weight excluding hydrogens is 424 g/mol. The first-order valence-electron chi connectivity index (χ1n) is 9.51. The molecule has 160 valence electrons. The Kier molecular flexibility index (Phi) is 5.72. The Morgan fingerprint density at radius 1 is 1.16 bits per heavy atom. The molecular formula is C20H19ClN6O4. The molecule has 0 aliphatic carbocycles. The van der Waals surface area contributed by atoms with Crippen LogP contribution < -0.4 is 9.64 Å². The zero-order chi connectivity index (χ0) is 22.0. The summed E-state index contributed by atoms with van der Waals surface area (Å²) in [6, 6.07) is 11.7. The van der Waals surface area contributed by atoms with Gasteiger partial charge >= 0.3 is 0 Å². The van der Waals surface area contributed by atoms with E-state index in [1.54, 1.807) is 30.3 Å². The Labute approximate surface area is 182 Å². The van der Waals surface area contributed by atoms with E-state index in [2.05, 4.69) is 10.3 Å². The molecule has 1 aliphatic rings. The van der Waals surface area contributed by atoms with Crippen molar-refractivity contribution >= 4 is 28.9 Å². The quantitative estimate of drug-likeness (QED) is 0.441. The van der Waals surface area contributed by atoms with E-state index in [0.29, 0.717) is 42.6 Å². The Morgan fingerprint density at radius 3 is 2.61 bits per heavy atom. The summed E-state index contributed by atoms with van der Waals surface area (Å²) in [4.78, 5) is 27.0. The van der Waals surface area contributed by atoms with Crippen molar-refractivity contribution in [2.45, 2.75) is 0 Å². The molecule has 0 radical (unpaired) electrons. The van der Waals surface area contributed by atoms with Crippen molar-refractivity contribution in [3.63, 3.8) is 0 Å². The second-order valence-corrected chi connectivity index (χ2v) is 7.33. The van der Waals surface area contributed by atoms with E-state index >= 15 is 0 Å². The third kappa shape index (κ3) is 4.29. The van der Waals surface area contributed by atoms with E-state index in [0.717, 1.165) is 5.69 Å². The highest BCUT2D eigenvalue weighted by atomic mass is 35.5. The van der Waals surface area contributed by atoms with Gasteiger partial charge in [-0.05, 0) is 18.2 Å². The van der Waals surface area contributed by atoms with Crippen molar-refractivity contribution in [1.82, 2.24) is 19.9 Å². The minimum atomic E-state index is -0.481. The molecule has 0 atom stereocenters. The Hall–Kier alpha value is -3.66. The number of nitrogens with zero attached hydrogens (tertiary/aromatic N) is 6. The van der Waals surface area contributed by atoms with Gasteiger partial charge < -0.3 is 14.5 Å². The topological polar surface area (TPSA) is 107 Å². The molecule has 3 aromatic rings. The number of aromatic nitrogens is 3. The molecule has 10 nitrogen and oxygen atoms in total. The maximum Gasteiger partial charge on any atom is 0.276 e. The number of amides is 1. The van der Waals surface area contributed by atoms with Crippen LogP contribution in [0.5, 0.6) is 5.75 Å². The largest absolute Gasteiger partial charge is 0.497 e. The number of halogens is 1. The highest BCUT2D eigenvalue weighted by Crippen LogP contribution is 2.30. The third-order valence-corrected chi connectivity index (χ3v) is 5.38. The van der Waals surface area contributed by atoms with Crippen molar-refractivity contribution in [2.75, 3.05) is 38.2 Å². The molecule has 4 rings (SSSR count). The van der Waals surface area contributed by atoms with Crippen LogP contribution in [0.25, 0.3) is 5.69 Å². The summed E-state index contributed by atoms with van der Waals surface area (Å²) in [6.07, 6.45) is 1.59. The van der Waals surface area contributed by atoms with Crippen LogP contribution in [0, 0.1) is 10.1 Å². The van der Waals surface area contributed by atoms with Gasteiger partial charge in [-0.25, -0.2) is 4.68 Å². The number of hydrogen-bond acceptors (Lipinski definition) is 7. The molecule has 2 heterocycles. The number of rotatable bonds is 5. The smallest absolute Gasteiger partial charge is 0.276 e. The molecule has 11 heteroatoms. The van der Waals surface area contributed by atoms with Crippen molar-refractivity contribution in [3.8, 4) is 11.4 Å². The van der Waals surface area contributed by atoms with Crippen molar-refractivity contribution in [2.24, 2.45) is 0 Å². The lowest BCUT2D eigenvalue weighted by Gasteiger charge is -2.36. The minimum absolute atomic E-state index is 0.0540. The number of anilines is 1. The van der Waals surface area contributed by atoms with E-state index in [1.165, 1.54) is 16.8 Å². The predicted molar refractivity (Wildman–Crippen MR) is 114 cm³/mol. The van der Waals surface area contributed by atoms with E-state index in [-0.39, 0.29) is 17.3 Å². The first kappa shape index (κ1) is 20.6. The molecule has 1 fully saturated rings. The highest BCUT2D eigenvalue weighted by Gasteiger charge is 2.26. The van der Waals surface area contributed by atoms with Crippen LogP contribution in [0.4, 0.5) is 11.4 Å². The summed E-state index contributed by atoms with van der Waals surface area (Å²) < 4.78 is 6.75. The predicted octanol–water partition coefficient (Wildman–Crippen LogP) is 2.80. The molecule has 0 saturated carbocycles. The lowest BCUT2D eigenvalue weighted by atomic mass is 10.2. The van der Waals surface area contributed by atoms with Gasteiger partial charge in [0.2, 0.25) is 0 Å². The lowest BCUT2D eigenvalue weighted by molar-refractivity contribution is -0.384. The third-order valence-electron chi connectivity index (χ3n) is 5.08. The van der Waals surface area contributed by atoms with Crippen LogP contribution in [0.2, 0.25) is 5.02 Å². The van der Waals surface area contributed by atoms with E-state index in [9.17, 15) is 14.9 Å². The number of nitro groups is 1. The van der Waals surface area contributed by atoms with Gasteiger partial charge in [0.15, 0.2) is 5.69 Å². The van der Waals surface area contributed by atoms with Gasteiger partial charge in [0.1, 0.15) is 5.75 Å². The zero-order valence-electron chi connectivity index (χ0n) is 16.6. The average Bonchev–Trinajstić information content (AvgIpc) is 3.29. The van der Waals surface area contributed by atoms with Gasteiger partial charge in [-0.15, -0.1) is 5.10 Å². The number of ether oxygens (including phenoxy) is 1. The number of piperazine rings is 1. The molecule has 1 saturated heterocycles. The number of nitro benzene ring substituents is 1. The molecule has 0 bridgehead atoms. The molecule has 31 heavy (non-hydrogen) atoms. The summed E-state index contributed by atoms with van der Waals surface area (Å²) in [5.41, 5.74) is 1.65. The van der Waals surface area contributed by atoms with Crippen LogP contribution in [-0.2, 0) is 0 Å². The Morgan fingerprint density at radius 2 is 1.94 bits per heavy atom. The van der Waals surface area contributed by atoms with Gasteiger partial charge in [0.25, 0.3) is 11.6 Å². The summed E-state index contributed by atoms with van der Waals surface area (Å²) in [7, 11) is 1.58. The van der Waals surface area contributed by atoms with Crippen molar-refractivity contribution < 1.29 is 14.5 Å². The molecule has 0 spiro atoms.